The van der Waals surface area contributed by atoms with Gasteiger partial charge >= 0.3 is 0 Å². The average Bonchev–Trinajstić information content (AvgIpc) is 2.65. The SMILES string of the molecule is Ic1ccc(N/N=C/c2cccc(OCCN3CCOCC3)c2)nc1. The number of pyridine rings is 1. The quantitative estimate of drug-likeness (QED) is 0.398. The zero-order chi connectivity index (χ0) is 17.3. The van der Waals surface area contributed by atoms with Crippen molar-refractivity contribution >= 4 is 34.6 Å². The first-order chi connectivity index (χ1) is 12.3. The Labute approximate surface area is 161 Å². The van der Waals surface area contributed by atoms with Gasteiger partial charge in [0.05, 0.1) is 19.4 Å². The lowest BCUT2D eigenvalue weighted by Gasteiger charge is -2.26. The predicted octanol–water partition coefficient (Wildman–Crippen LogP) is 2.84. The number of benzene rings is 1. The van der Waals surface area contributed by atoms with Gasteiger partial charge < -0.3 is 9.47 Å². The maximum atomic E-state index is 5.85. The molecule has 1 saturated heterocycles. The minimum Gasteiger partial charge on any atom is -0.492 e. The Hall–Kier alpha value is -1.71. The Morgan fingerprint density at radius 3 is 2.96 bits per heavy atom. The Kier molecular flexibility index (Phi) is 7.01. The number of morpholine rings is 1. The number of hydrogen-bond acceptors (Lipinski definition) is 6. The fraction of sp³-hybridized carbons (Fsp3) is 0.333. The van der Waals surface area contributed by atoms with E-state index in [1.807, 2.05) is 36.4 Å². The second kappa shape index (κ2) is 9.69. The first kappa shape index (κ1) is 18.1. The van der Waals surface area contributed by atoms with Crippen molar-refractivity contribution in [1.82, 2.24) is 9.88 Å². The van der Waals surface area contributed by atoms with E-state index in [0.717, 1.165) is 53.5 Å². The smallest absolute Gasteiger partial charge is 0.146 e. The molecular weight excluding hydrogens is 431 g/mol. The summed E-state index contributed by atoms with van der Waals surface area (Å²) in [7, 11) is 0. The van der Waals surface area contributed by atoms with Crippen LogP contribution in [0.1, 0.15) is 5.56 Å². The summed E-state index contributed by atoms with van der Waals surface area (Å²) in [6, 6.07) is 11.8. The molecule has 1 aliphatic rings. The molecule has 1 N–H and O–H groups in total. The molecule has 0 atom stereocenters. The summed E-state index contributed by atoms with van der Waals surface area (Å²) < 4.78 is 12.3. The zero-order valence-corrected chi connectivity index (χ0v) is 16.1. The zero-order valence-electron chi connectivity index (χ0n) is 13.9. The van der Waals surface area contributed by atoms with Crippen LogP contribution < -0.4 is 10.2 Å². The second-order valence-electron chi connectivity index (χ2n) is 5.61. The predicted molar refractivity (Wildman–Crippen MR) is 107 cm³/mol. The molecule has 1 aromatic carbocycles. The number of ether oxygens (including phenoxy) is 2. The van der Waals surface area contributed by atoms with E-state index in [0.29, 0.717) is 6.61 Å². The molecule has 1 aromatic heterocycles. The van der Waals surface area contributed by atoms with Crippen LogP contribution in [0.25, 0.3) is 0 Å². The number of anilines is 1. The lowest BCUT2D eigenvalue weighted by atomic mass is 10.2. The molecule has 0 amide bonds. The summed E-state index contributed by atoms with van der Waals surface area (Å²) >= 11 is 2.22. The van der Waals surface area contributed by atoms with Crippen molar-refractivity contribution in [2.75, 3.05) is 44.9 Å². The number of rotatable bonds is 7. The number of hydrogen-bond donors (Lipinski definition) is 1. The topological polar surface area (TPSA) is 59.0 Å². The number of nitrogens with zero attached hydrogens (tertiary/aromatic N) is 3. The van der Waals surface area contributed by atoms with Crippen molar-refractivity contribution in [2.45, 2.75) is 0 Å². The minimum atomic E-state index is 0.672. The van der Waals surface area contributed by atoms with Gasteiger partial charge in [-0.15, -0.1) is 0 Å². The monoisotopic (exact) mass is 452 g/mol. The highest BCUT2D eigenvalue weighted by atomic mass is 127. The summed E-state index contributed by atoms with van der Waals surface area (Å²) in [5, 5.41) is 4.22. The molecule has 132 valence electrons. The van der Waals surface area contributed by atoms with Crippen LogP contribution in [0.2, 0.25) is 0 Å². The van der Waals surface area contributed by atoms with E-state index in [2.05, 4.69) is 43.0 Å². The molecular formula is C18H21IN4O2. The summed E-state index contributed by atoms with van der Waals surface area (Å²) in [5.74, 6) is 1.57. The Balaban J connectivity index is 1.47. The van der Waals surface area contributed by atoms with Gasteiger partial charge in [-0.3, -0.25) is 10.3 Å². The molecule has 0 unspecified atom stereocenters. The standard InChI is InChI=1S/C18H21IN4O2/c19-16-4-5-18(20-14-16)22-21-13-15-2-1-3-17(12-15)25-11-8-23-6-9-24-10-7-23/h1-5,12-14H,6-11H2,(H,20,22)/b21-13+. The van der Waals surface area contributed by atoms with Crippen molar-refractivity contribution in [3.63, 3.8) is 0 Å². The number of aromatic nitrogens is 1. The summed E-state index contributed by atoms with van der Waals surface area (Å²) in [5.41, 5.74) is 3.90. The molecule has 0 bridgehead atoms. The summed E-state index contributed by atoms with van der Waals surface area (Å²) in [4.78, 5) is 6.60. The van der Waals surface area contributed by atoms with Crippen LogP contribution in [0.4, 0.5) is 5.82 Å². The van der Waals surface area contributed by atoms with Crippen molar-refractivity contribution in [3.8, 4) is 5.75 Å². The molecule has 7 heteroatoms. The van der Waals surface area contributed by atoms with Crippen LogP contribution in [0.5, 0.6) is 5.75 Å². The van der Waals surface area contributed by atoms with Gasteiger partial charge in [-0.1, -0.05) is 12.1 Å². The van der Waals surface area contributed by atoms with Gasteiger partial charge in [0.15, 0.2) is 0 Å². The highest BCUT2D eigenvalue weighted by molar-refractivity contribution is 14.1. The number of hydrazone groups is 1. The molecule has 2 aromatic rings. The van der Waals surface area contributed by atoms with Crippen molar-refractivity contribution in [1.29, 1.82) is 0 Å². The van der Waals surface area contributed by atoms with Crippen LogP contribution in [0, 0.1) is 3.57 Å². The van der Waals surface area contributed by atoms with Crippen LogP contribution in [-0.2, 0) is 4.74 Å². The third kappa shape index (κ3) is 6.26. The highest BCUT2D eigenvalue weighted by Crippen LogP contribution is 2.12. The Morgan fingerprint density at radius 2 is 2.16 bits per heavy atom. The molecule has 6 nitrogen and oxygen atoms in total. The molecule has 25 heavy (non-hydrogen) atoms. The van der Waals surface area contributed by atoms with Gasteiger partial charge in [0.1, 0.15) is 18.2 Å². The number of halogens is 1. The van der Waals surface area contributed by atoms with Gasteiger partial charge in [-0.05, 0) is 52.4 Å². The molecule has 2 heterocycles. The summed E-state index contributed by atoms with van der Waals surface area (Å²) in [6.07, 6.45) is 3.55. The van der Waals surface area contributed by atoms with Gasteiger partial charge in [-0.2, -0.15) is 5.10 Å². The van der Waals surface area contributed by atoms with E-state index in [-0.39, 0.29) is 0 Å². The fourth-order valence-electron chi connectivity index (χ4n) is 2.42. The van der Waals surface area contributed by atoms with Crippen LogP contribution >= 0.6 is 22.6 Å². The maximum absolute atomic E-state index is 5.85. The minimum absolute atomic E-state index is 0.672. The van der Waals surface area contributed by atoms with Crippen LogP contribution in [-0.4, -0.2) is 55.6 Å². The van der Waals surface area contributed by atoms with Crippen molar-refractivity contribution in [3.05, 3.63) is 51.7 Å². The Bertz CT molecular complexity index is 688. The summed E-state index contributed by atoms with van der Waals surface area (Å²) in [6.45, 7) is 5.18. The second-order valence-corrected chi connectivity index (χ2v) is 6.85. The molecule has 0 aliphatic carbocycles. The van der Waals surface area contributed by atoms with Crippen LogP contribution in [0.15, 0.2) is 47.7 Å². The van der Waals surface area contributed by atoms with E-state index in [4.69, 9.17) is 9.47 Å². The van der Waals surface area contributed by atoms with E-state index in [1.54, 1.807) is 12.4 Å². The lowest BCUT2D eigenvalue weighted by molar-refractivity contribution is 0.0322. The largest absolute Gasteiger partial charge is 0.492 e. The van der Waals surface area contributed by atoms with Crippen LogP contribution in [0.3, 0.4) is 0 Å². The molecule has 0 spiro atoms. The fourth-order valence-corrected chi connectivity index (χ4v) is 2.74. The van der Waals surface area contributed by atoms with E-state index < -0.39 is 0 Å². The van der Waals surface area contributed by atoms with Crippen molar-refractivity contribution in [2.24, 2.45) is 5.10 Å². The molecule has 1 fully saturated rings. The molecule has 0 radical (unpaired) electrons. The third-order valence-electron chi connectivity index (χ3n) is 3.76. The number of nitrogens with one attached hydrogen (secondary N) is 1. The van der Waals surface area contributed by atoms with E-state index in [1.165, 1.54) is 0 Å². The first-order valence-electron chi connectivity index (χ1n) is 8.23. The molecule has 3 rings (SSSR count). The van der Waals surface area contributed by atoms with Gasteiger partial charge in [0.2, 0.25) is 0 Å². The lowest BCUT2D eigenvalue weighted by Crippen LogP contribution is -2.38. The first-order valence-corrected chi connectivity index (χ1v) is 9.31. The third-order valence-corrected chi connectivity index (χ3v) is 4.40. The normalized spacial score (nSPS) is 15.4. The van der Waals surface area contributed by atoms with Gasteiger partial charge in [0.25, 0.3) is 0 Å². The van der Waals surface area contributed by atoms with Gasteiger partial charge in [-0.25, -0.2) is 4.98 Å². The van der Waals surface area contributed by atoms with E-state index in [9.17, 15) is 0 Å². The van der Waals surface area contributed by atoms with E-state index >= 15 is 0 Å². The van der Waals surface area contributed by atoms with Crippen molar-refractivity contribution < 1.29 is 9.47 Å². The molecule has 1 aliphatic heterocycles. The average molecular weight is 452 g/mol. The molecule has 0 saturated carbocycles. The highest BCUT2D eigenvalue weighted by Gasteiger charge is 2.09. The van der Waals surface area contributed by atoms with Gasteiger partial charge in [0, 0.05) is 29.4 Å². The Morgan fingerprint density at radius 1 is 1.28 bits per heavy atom. The maximum Gasteiger partial charge on any atom is 0.146 e.